The number of rotatable bonds is 3. The Morgan fingerprint density at radius 2 is 1.94 bits per heavy atom. The number of ether oxygens (including phenoxy) is 1. The molecular formula is C12H14N2O4. The largest absolute Gasteiger partial charge is 0.481 e. The summed E-state index contributed by atoms with van der Waals surface area (Å²) < 4.78 is 5.06. The molecule has 2 rings (SSSR count). The maximum atomic E-state index is 11.7. The predicted molar refractivity (Wildman–Crippen MR) is 64.3 cm³/mol. The zero-order valence-electron chi connectivity index (χ0n) is 9.63. The van der Waals surface area contributed by atoms with E-state index in [1.165, 1.54) is 0 Å². The number of urea groups is 1. The minimum absolute atomic E-state index is 0.131. The SMILES string of the molecule is O=C(Nc1ccccc1)NC1COCC1C(=O)O. The highest BCUT2D eigenvalue weighted by Crippen LogP contribution is 2.14. The fourth-order valence-electron chi connectivity index (χ4n) is 1.80. The maximum Gasteiger partial charge on any atom is 0.319 e. The Bertz CT molecular complexity index is 435. The third-order valence-electron chi connectivity index (χ3n) is 2.75. The summed E-state index contributed by atoms with van der Waals surface area (Å²) in [7, 11) is 0. The smallest absolute Gasteiger partial charge is 0.319 e. The predicted octanol–water partition coefficient (Wildman–Crippen LogP) is 0.908. The number of benzene rings is 1. The van der Waals surface area contributed by atoms with Crippen molar-refractivity contribution in [3.8, 4) is 0 Å². The molecule has 3 N–H and O–H groups in total. The van der Waals surface area contributed by atoms with Crippen LogP contribution in [0.5, 0.6) is 0 Å². The van der Waals surface area contributed by atoms with E-state index in [2.05, 4.69) is 10.6 Å². The third-order valence-corrected chi connectivity index (χ3v) is 2.75. The van der Waals surface area contributed by atoms with E-state index in [9.17, 15) is 9.59 Å². The molecule has 1 aliphatic rings. The van der Waals surface area contributed by atoms with Crippen molar-refractivity contribution in [2.75, 3.05) is 18.5 Å². The highest BCUT2D eigenvalue weighted by molar-refractivity contribution is 5.89. The summed E-state index contributed by atoms with van der Waals surface area (Å²) >= 11 is 0. The summed E-state index contributed by atoms with van der Waals surface area (Å²) in [6, 6.07) is 8.02. The molecule has 1 aromatic rings. The first-order valence-electron chi connectivity index (χ1n) is 5.60. The van der Waals surface area contributed by atoms with Crippen LogP contribution in [0.15, 0.2) is 30.3 Å². The molecule has 0 spiro atoms. The number of carbonyl (C=O) groups excluding carboxylic acids is 1. The van der Waals surface area contributed by atoms with Crippen LogP contribution in [0.1, 0.15) is 0 Å². The summed E-state index contributed by atoms with van der Waals surface area (Å²) in [5.74, 6) is -1.65. The number of carbonyl (C=O) groups is 2. The summed E-state index contributed by atoms with van der Waals surface area (Å²) in [5.41, 5.74) is 0.654. The quantitative estimate of drug-likeness (QED) is 0.744. The molecule has 1 fully saturated rings. The highest BCUT2D eigenvalue weighted by Gasteiger charge is 2.35. The van der Waals surface area contributed by atoms with Crippen LogP contribution in [-0.2, 0) is 9.53 Å². The molecule has 96 valence electrons. The van der Waals surface area contributed by atoms with Crippen LogP contribution in [0.25, 0.3) is 0 Å². The Balaban J connectivity index is 1.90. The molecular weight excluding hydrogens is 236 g/mol. The Morgan fingerprint density at radius 3 is 2.61 bits per heavy atom. The monoisotopic (exact) mass is 250 g/mol. The van der Waals surface area contributed by atoms with Crippen LogP contribution < -0.4 is 10.6 Å². The number of hydrogen-bond donors (Lipinski definition) is 3. The Morgan fingerprint density at radius 1 is 1.22 bits per heavy atom. The van der Waals surface area contributed by atoms with Crippen LogP contribution in [0.4, 0.5) is 10.5 Å². The van der Waals surface area contributed by atoms with Crippen molar-refractivity contribution in [3.63, 3.8) is 0 Å². The molecule has 1 heterocycles. The van der Waals surface area contributed by atoms with Crippen molar-refractivity contribution in [1.29, 1.82) is 0 Å². The molecule has 0 aliphatic carbocycles. The van der Waals surface area contributed by atoms with Gasteiger partial charge in [-0.3, -0.25) is 4.79 Å². The second kappa shape index (κ2) is 5.50. The van der Waals surface area contributed by atoms with E-state index in [1.807, 2.05) is 6.07 Å². The summed E-state index contributed by atoms with van der Waals surface area (Å²) in [4.78, 5) is 22.6. The number of carboxylic acids is 1. The van der Waals surface area contributed by atoms with Gasteiger partial charge in [-0.05, 0) is 12.1 Å². The maximum absolute atomic E-state index is 11.7. The standard InChI is InChI=1S/C12H14N2O4/c15-11(16)9-6-18-7-10(9)14-12(17)13-8-4-2-1-3-5-8/h1-5,9-10H,6-7H2,(H,15,16)(H2,13,14,17). The molecule has 2 unspecified atom stereocenters. The number of nitrogens with one attached hydrogen (secondary N) is 2. The van der Waals surface area contributed by atoms with E-state index >= 15 is 0 Å². The molecule has 1 saturated heterocycles. The lowest BCUT2D eigenvalue weighted by molar-refractivity contribution is -0.142. The first-order valence-corrected chi connectivity index (χ1v) is 5.60. The average molecular weight is 250 g/mol. The zero-order valence-corrected chi connectivity index (χ0v) is 9.63. The van der Waals surface area contributed by atoms with Gasteiger partial charge in [-0.2, -0.15) is 0 Å². The van der Waals surface area contributed by atoms with Gasteiger partial charge in [0.05, 0.1) is 19.3 Å². The van der Waals surface area contributed by atoms with Gasteiger partial charge in [0.1, 0.15) is 5.92 Å². The van der Waals surface area contributed by atoms with Gasteiger partial charge in [0.2, 0.25) is 0 Å². The van der Waals surface area contributed by atoms with Gasteiger partial charge in [0.25, 0.3) is 0 Å². The Kier molecular flexibility index (Phi) is 3.78. The molecule has 2 amide bonds. The Labute approximate surface area is 104 Å². The molecule has 0 saturated carbocycles. The van der Waals surface area contributed by atoms with Crippen LogP contribution in [-0.4, -0.2) is 36.4 Å². The van der Waals surface area contributed by atoms with Crippen LogP contribution in [0.3, 0.4) is 0 Å². The number of aliphatic carboxylic acids is 1. The van der Waals surface area contributed by atoms with Crippen molar-refractivity contribution in [2.24, 2.45) is 5.92 Å². The molecule has 0 bridgehead atoms. The van der Waals surface area contributed by atoms with Gasteiger partial charge in [-0.25, -0.2) is 4.79 Å². The van der Waals surface area contributed by atoms with Gasteiger partial charge < -0.3 is 20.5 Å². The van der Waals surface area contributed by atoms with Gasteiger partial charge in [0.15, 0.2) is 0 Å². The van der Waals surface area contributed by atoms with Gasteiger partial charge in [-0.15, -0.1) is 0 Å². The van der Waals surface area contributed by atoms with Crippen molar-refractivity contribution in [2.45, 2.75) is 6.04 Å². The summed E-state index contributed by atoms with van der Waals surface area (Å²) in [5, 5.41) is 14.2. The number of para-hydroxylation sites is 1. The molecule has 0 aromatic heterocycles. The minimum Gasteiger partial charge on any atom is -0.481 e. The first kappa shape index (κ1) is 12.4. The lowest BCUT2D eigenvalue weighted by atomic mass is 10.0. The van der Waals surface area contributed by atoms with E-state index in [-0.39, 0.29) is 13.2 Å². The molecule has 6 nitrogen and oxygen atoms in total. The lowest BCUT2D eigenvalue weighted by Gasteiger charge is -2.16. The summed E-state index contributed by atoms with van der Waals surface area (Å²) in [6.07, 6.45) is 0. The van der Waals surface area contributed by atoms with Crippen molar-refractivity contribution >= 4 is 17.7 Å². The number of amides is 2. The lowest BCUT2D eigenvalue weighted by Crippen LogP contribution is -2.44. The average Bonchev–Trinajstić information content (AvgIpc) is 2.78. The van der Waals surface area contributed by atoms with E-state index in [0.29, 0.717) is 5.69 Å². The number of hydrogen-bond acceptors (Lipinski definition) is 3. The van der Waals surface area contributed by atoms with Gasteiger partial charge in [-0.1, -0.05) is 18.2 Å². The van der Waals surface area contributed by atoms with Crippen molar-refractivity contribution in [3.05, 3.63) is 30.3 Å². The van der Waals surface area contributed by atoms with Crippen LogP contribution >= 0.6 is 0 Å². The zero-order chi connectivity index (χ0) is 13.0. The first-order chi connectivity index (χ1) is 8.66. The topological polar surface area (TPSA) is 87.7 Å². The minimum atomic E-state index is -0.961. The number of anilines is 1. The Hall–Kier alpha value is -2.08. The normalized spacial score (nSPS) is 22.4. The molecule has 1 aliphatic heterocycles. The molecule has 1 aromatic carbocycles. The van der Waals surface area contributed by atoms with E-state index in [1.54, 1.807) is 24.3 Å². The molecule has 18 heavy (non-hydrogen) atoms. The second-order valence-corrected chi connectivity index (χ2v) is 4.05. The van der Waals surface area contributed by atoms with Crippen LogP contribution in [0, 0.1) is 5.92 Å². The van der Waals surface area contributed by atoms with E-state index in [4.69, 9.17) is 9.84 Å². The van der Waals surface area contributed by atoms with Crippen molar-refractivity contribution in [1.82, 2.24) is 5.32 Å². The molecule has 2 atom stereocenters. The van der Waals surface area contributed by atoms with E-state index < -0.39 is 24.0 Å². The summed E-state index contributed by atoms with van der Waals surface area (Å²) in [6.45, 7) is 0.352. The second-order valence-electron chi connectivity index (χ2n) is 4.05. The van der Waals surface area contributed by atoms with Gasteiger partial charge in [0, 0.05) is 5.69 Å². The van der Waals surface area contributed by atoms with E-state index in [0.717, 1.165) is 0 Å². The highest BCUT2D eigenvalue weighted by atomic mass is 16.5. The number of carboxylic acid groups (broad SMARTS) is 1. The van der Waals surface area contributed by atoms with Crippen LogP contribution in [0.2, 0.25) is 0 Å². The van der Waals surface area contributed by atoms with Gasteiger partial charge >= 0.3 is 12.0 Å². The fourth-order valence-corrected chi connectivity index (χ4v) is 1.80. The fraction of sp³-hybridized carbons (Fsp3) is 0.333. The third kappa shape index (κ3) is 2.98. The molecule has 0 radical (unpaired) electrons. The van der Waals surface area contributed by atoms with Crippen molar-refractivity contribution < 1.29 is 19.4 Å². The molecule has 6 heteroatoms.